The molecule has 1 saturated heterocycles. The smallest absolute Gasteiger partial charge is 0.223 e. The molecule has 16 heavy (non-hydrogen) atoms. The van der Waals surface area contributed by atoms with E-state index in [2.05, 4.69) is 24.1 Å². The number of hydrogen-bond donors (Lipinski definition) is 1. The van der Waals surface area contributed by atoms with Crippen LogP contribution < -0.4 is 5.32 Å². The van der Waals surface area contributed by atoms with Crippen LogP contribution in [0.2, 0.25) is 0 Å². The lowest BCUT2D eigenvalue weighted by Gasteiger charge is -2.42. The summed E-state index contributed by atoms with van der Waals surface area (Å²) in [5.41, 5.74) is 0. The van der Waals surface area contributed by atoms with Crippen molar-refractivity contribution in [1.29, 1.82) is 0 Å². The summed E-state index contributed by atoms with van der Waals surface area (Å²) < 4.78 is 0. The van der Waals surface area contributed by atoms with Gasteiger partial charge in [0.05, 0.1) is 6.04 Å². The molecule has 3 nitrogen and oxygen atoms in total. The maximum Gasteiger partial charge on any atom is 0.223 e. The molecular formula is C13H24N2O. The molecule has 2 aliphatic rings. The quantitative estimate of drug-likeness (QED) is 0.792. The van der Waals surface area contributed by atoms with Crippen molar-refractivity contribution < 1.29 is 4.79 Å². The Balaban J connectivity index is 1.68. The number of amides is 1. The van der Waals surface area contributed by atoms with Crippen LogP contribution in [-0.4, -0.2) is 36.0 Å². The highest BCUT2D eigenvalue weighted by atomic mass is 16.2. The highest BCUT2D eigenvalue weighted by molar-refractivity contribution is 5.79. The van der Waals surface area contributed by atoms with E-state index in [9.17, 15) is 4.79 Å². The lowest BCUT2D eigenvalue weighted by molar-refractivity contribution is -0.128. The second kappa shape index (κ2) is 5.17. The molecule has 0 spiro atoms. The molecular weight excluding hydrogens is 200 g/mol. The van der Waals surface area contributed by atoms with Crippen LogP contribution in [0.3, 0.4) is 0 Å². The third-order valence-electron chi connectivity index (χ3n) is 3.96. The first-order valence-electron chi connectivity index (χ1n) is 6.71. The molecule has 1 amide bonds. The summed E-state index contributed by atoms with van der Waals surface area (Å²) in [5.74, 6) is 0.620. The van der Waals surface area contributed by atoms with Crippen molar-refractivity contribution in [2.75, 3.05) is 13.1 Å². The zero-order chi connectivity index (χ0) is 11.5. The number of nitrogens with zero attached hydrogens (tertiary/aromatic N) is 1. The van der Waals surface area contributed by atoms with E-state index in [1.165, 1.54) is 19.3 Å². The average Bonchev–Trinajstić information content (AvgIpc) is 2.23. The normalized spacial score (nSPS) is 24.4. The predicted molar refractivity (Wildman–Crippen MR) is 65.2 cm³/mol. The van der Waals surface area contributed by atoms with E-state index in [-0.39, 0.29) is 0 Å². The van der Waals surface area contributed by atoms with Crippen LogP contribution >= 0.6 is 0 Å². The van der Waals surface area contributed by atoms with E-state index in [4.69, 9.17) is 0 Å². The monoisotopic (exact) mass is 224 g/mol. The second-order valence-corrected chi connectivity index (χ2v) is 5.59. The fourth-order valence-electron chi connectivity index (χ4n) is 2.71. The average molecular weight is 224 g/mol. The summed E-state index contributed by atoms with van der Waals surface area (Å²) in [5, 5.41) is 3.19. The van der Waals surface area contributed by atoms with Crippen molar-refractivity contribution in [3.8, 4) is 0 Å². The summed E-state index contributed by atoms with van der Waals surface area (Å²) in [7, 11) is 0. The van der Waals surface area contributed by atoms with Crippen molar-refractivity contribution in [2.45, 2.75) is 58.0 Å². The summed E-state index contributed by atoms with van der Waals surface area (Å²) in [4.78, 5) is 14.3. The fraction of sp³-hybridized carbons (Fsp3) is 0.923. The van der Waals surface area contributed by atoms with Crippen LogP contribution in [0.25, 0.3) is 0 Å². The van der Waals surface area contributed by atoms with Gasteiger partial charge in [-0.15, -0.1) is 0 Å². The molecule has 1 N–H and O–H groups in total. The lowest BCUT2D eigenvalue weighted by Crippen LogP contribution is -2.61. The number of rotatable bonds is 3. The highest BCUT2D eigenvalue weighted by Gasteiger charge is 2.31. The Morgan fingerprint density at radius 3 is 2.38 bits per heavy atom. The Bertz CT molecular complexity index is 240. The van der Waals surface area contributed by atoms with E-state index in [1.54, 1.807) is 0 Å². The van der Waals surface area contributed by atoms with E-state index in [0.29, 0.717) is 23.9 Å². The molecule has 2 rings (SSSR count). The Hall–Kier alpha value is -0.570. The van der Waals surface area contributed by atoms with Crippen molar-refractivity contribution in [3.05, 3.63) is 0 Å². The molecule has 1 saturated carbocycles. The number of nitrogens with one attached hydrogen (secondary N) is 1. The van der Waals surface area contributed by atoms with Gasteiger partial charge in [-0.1, -0.05) is 19.3 Å². The van der Waals surface area contributed by atoms with Crippen molar-refractivity contribution in [2.24, 2.45) is 5.92 Å². The maximum absolute atomic E-state index is 11.9. The maximum atomic E-state index is 11.9. The molecule has 1 aliphatic heterocycles. The standard InChI is InChI=1S/C13H24N2O/c1-10(2)15-8-12(9-15)14-13(16)11-6-4-3-5-7-11/h10-12H,3-9H2,1-2H3,(H,14,16). The topological polar surface area (TPSA) is 32.3 Å². The number of carbonyl (C=O) groups is 1. The fourth-order valence-corrected chi connectivity index (χ4v) is 2.71. The molecule has 1 heterocycles. The van der Waals surface area contributed by atoms with E-state index >= 15 is 0 Å². The van der Waals surface area contributed by atoms with Gasteiger partial charge in [-0.05, 0) is 26.7 Å². The van der Waals surface area contributed by atoms with E-state index in [0.717, 1.165) is 25.9 Å². The predicted octanol–water partition coefficient (Wildman–Crippen LogP) is 1.78. The SMILES string of the molecule is CC(C)N1CC(NC(=O)C2CCCCC2)C1. The van der Waals surface area contributed by atoms with Crippen molar-refractivity contribution >= 4 is 5.91 Å². The van der Waals surface area contributed by atoms with Crippen molar-refractivity contribution in [3.63, 3.8) is 0 Å². The van der Waals surface area contributed by atoms with Gasteiger partial charge < -0.3 is 5.32 Å². The Morgan fingerprint density at radius 1 is 1.19 bits per heavy atom. The first-order chi connectivity index (χ1) is 7.66. The first kappa shape index (κ1) is 11.9. The van der Waals surface area contributed by atoms with Crippen molar-refractivity contribution in [1.82, 2.24) is 10.2 Å². The Kier molecular flexibility index (Phi) is 3.85. The van der Waals surface area contributed by atoms with Gasteiger partial charge in [0.15, 0.2) is 0 Å². The molecule has 0 radical (unpaired) electrons. The minimum Gasteiger partial charge on any atom is -0.351 e. The van der Waals surface area contributed by atoms with E-state index in [1.807, 2.05) is 0 Å². The van der Waals surface area contributed by atoms with Gasteiger partial charge in [0, 0.05) is 25.0 Å². The van der Waals surface area contributed by atoms with Gasteiger partial charge in [-0.2, -0.15) is 0 Å². The molecule has 0 atom stereocenters. The summed E-state index contributed by atoms with van der Waals surface area (Å²) in [6.07, 6.45) is 6.00. The Labute approximate surface area is 98.6 Å². The zero-order valence-electron chi connectivity index (χ0n) is 10.5. The first-order valence-corrected chi connectivity index (χ1v) is 6.71. The zero-order valence-corrected chi connectivity index (χ0v) is 10.5. The molecule has 2 fully saturated rings. The minimum atomic E-state index is 0.307. The minimum absolute atomic E-state index is 0.307. The number of hydrogen-bond acceptors (Lipinski definition) is 2. The molecule has 0 unspecified atom stereocenters. The highest BCUT2D eigenvalue weighted by Crippen LogP contribution is 2.24. The molecule has 0 aromatic carbocycles. The van der Waals surface area contributed by atoms with Crippen LogP contribution in [0.1, 0.15) is 46.0 Å². The van der Waals surface area contributed by atoms with Crippen LogP contribution in [0, 0.1) is 5.92 Å². The molecule has 0 bridgehead atoms. The van der Waals surface area contributed by atoms with Gasteiger partial charge in [0.2, 0.25) is 5.91 Å². The second-order valence-electron chi connectivity index (χ2n) is 5.59. The van der Waals surface area contributed by atoms with Crippen LogP contribution in [0.15, 0.2) is 0 Å². The third-order valence-corrected chi connectivity index (χ3v) is 3.96. The van der Waals surface area contributed by atoms with Gasteiger partial charge in [-0.3, -0.25) is 9.69 Å². The summed E-state index contributed by atoms with van der Waals surface area (Å²) >= 11 is 0. The molecule has 1 aliphatic carbocycles. The van der Waals surface area contributed by atoms with Gasteiger partial charge in [0.1, 0.15) is 0 Å². The van der Waals surface area contributed by atoms with Crippen LogP contribution in [0.4, 0.5) is 0 Å². The Morgan fingerprint density at radius 2 is 1.81 bits per heavy atom. The van der Waals surface area contributed by atoms with Crippen LogP contribution in [0.5, 0.6) is 0 Å². The van der Waals surface area contributed by atoms with Gasteiger partial charge in [-0.25, -0.2) is 0 Å². The molecule has 3 heteroatoms. The van der Waals surface area contributed by atoms with Gasteiger partial charge in [0.25, 0.3) is 0 Å². The van der Waals surface area contributed by atoms with E-state index < -0.39 is 0 Å². The molecule has 0 aromatic rings. The summed E-state index contributed by atoms with van der Waals surface area (Å²) in [6, 6.07) is 1.03. The van der Waals surface area contributed by atoms with Crippen LogP contribution in [-0.2, 0) is 4.79 Å². The third kappa shape index (κ3) is 2.76. The number of carbonyl (C=O) groups excluding carboxylic acids is 1. The molecule has 0 aromatic heterocycles. The van der Waals surface area contributed by atoms with Gasteiger partial charge >= 0.3 is 0 Å². The summed E-state index contributed by atoms with van der Waals surface area (Å²) in [6.45, 7) is 6.49. The number of likely N-dealkylation sites (tertiary alicyclic amines) is 1. The lowest BCUT2D eigenvalue weighted by atomic mass is 9.88. The largest absolute Gasteiger partial charge is 0.351 e. The molecule has 92 valence electrons.